The maximum absolute atomic E-state index is 14.0. The molecule has 0 spiro atoms. The molecule has 3 aromatic rings. The van der Waals surface area contributed by atoms with Gasteiger partial charge in [0.05, 0.1) is 11.6 Å². The lowest BCUT2D eigenvalue weighted by Crippen LogP contribution is -2.04. The van der Waals surface area contributed by atoms with Gasteiger partial charge in [-0.05, 0) is 55.0 Å². The first-order chi connectivity index (χ1) is 14.0. The Balaban J connectivity index is 1.72. The molecule has 0 bridgehead atoms. The number of rotatable bonds is 8. The molecule has 152 valence electrons. The molecular weight excluding hydrogens is 436 g/mol. The van der Waals surface area contributed by atoms with Crippen LogP contribution in [0, 0.1) is 5.82 Å². The molecule has 0 radical (unpaired) electrons. The fourth-order valence-corrected chi connectivity index (χ4v) is 3.47. The normalized spacial score (nSPS) is 10.7. The average molecular weight is 455 g/mol. The van der Waals surface area contributed by atoms with Crippen molar-refractivity contribution in [2.24, 2.45) is 0 Å². The predicted molar refractivity (Wildman–Crippen MR) is 117 cm³/mol. The molecule has 0 heterocycles. The second-order valence-electron chi connectivity index (χ2n) is 6.21. The maximum Gasteiger partial charge on any atom is 0.161 e. The monoisotopic (exact) mass is 453 g/mol. The first kappa shape index (κ1) is 21.6. The number of halogens is 4. The molecule has 0 aliphatic heterocycles. The summed E-state index contributed by atoms with van der Waals surface area (Å²) in [6.45, 7) is 2.90. The van der Waals surface area contributed by atoms with Crippen molar-refractivity contribution in [3.8, 4) is 11.5 Å². The molecule has 29 heavy (non-hydrogen) atoms. The second-order valence-corrected chi connectivity index (χ2v) is 7.49. The van der Waals surface area contributed by atoms with Crippen LogP contribution in [0.1, 0.15) is 18.1 Å². The molecule has 0 aromatic heterocycles. The second kappa shape index (κ2) is 10.1. The van der Waals surface area contributed by atoms with E-state index in [2.05, 4.69) is 5.32 Å². The van der Waals surface area contributed by atoms with Crippen LogP contribution in [-0.2, 0) is 13.2 Å². The van der Waals surface area contributed by atoms with Gasteiger partial charge < -0.3 is 14.8 Å². The van der Waals surface area contributed by atoms with E-state index in [4.69, 9.17) is 44.3 Å². The van der Waals surface area contributed by atoms with Crippen LogP contribution < -0.4 is 14.8 Å². The minimum Gasteiger partial charge on any atom is -0.490 e. The van der Waals surface area contributed by atoms with E-state index in [1.165, 1.54) is 6.07 Å². The smallest absolute Gasteiger partial charge is 0.161 e. The summed E-state index contributed by atoms with van der Waals surface area (Å²) in [7, 11) is 0. The van der Waals surface area contributed by atoms with Gasteiger partial charge in [-0.25, -0.2) is 4.39 Å². The van der Waals surface area contributed by atoms with E-state index in [0.29, 0.717) is 45.3 Å². The largest absolute Gasteiger partial charge is 0.490 e. The zero-order valence-corrected chi connectivity index (χ0v) is 17.9. The predicted octanol–water partition coefficient (Wildman–Crippen LogP) is 7.38. The van der Waals surface area contributed by atoms with Gasteiger partial charge in [0.2, 0.25) is 0 Å². The molecule has 0 atom stereocenters. The van der Waals surface area contributed by atoms with E-state index in [0.717, 1.165) is 11.3 Å². The van der Waals surface area contributed by atoms with Gasteiger partial charge in [-0.1, -0.05) is 46.9 Å². The number of hydrogen-bond donors (Lipinski definition) is 1. The van der Waals surface area contributed by atoms with Gasteiger partial charge in [0.15, 0.2) is 11.5 Å². The van der Waals surface area contributed by atoms with E-state index in [1.54, 1.807) is 36.4 Å². The molecule has 3 nitrogen and oxygen atoms in total. The Morgan fingerprint density at radius 3 is 2.34 bits per heavy atom. The number of benzene rings is 3. The standard InChI is InChI=1S/C22H19Cl3FNO2/c1-2-28-22-8-14(12-27-17-10-15(23)9-16(24)11-17)6-7-21(22)29-13-18-19(25)4-3-5-20(18)26/h3-11,27H,2,12-13H2,1H3. The fourth-order valence-electron chi connectivity index (χ4n) is 2.73. The molecule has 0 unspecified atom stereocenters. The molecule has 0 aliphatic carbocycles. The van der Waals surface area contributed by atoms with Crippen LogP contribution in [0.25, 0.3) is 0 Å². The van der Waals surface area contributed by atoms with Crippen LogP contribution in [0.15, 0.2) is 54.6 Å². The SMILES string of the molecule is CCOc1cc(CNc2cc(Cl)cc(Cl)c2)ccc1OCc1c(F)cccc1Cl. The highest BCUT2D eigenvalue weighted by atomic mass is 35.5. The first-order valence-electron chi connectivity index (χ1n) is 8.97. The topological polar surface area (TPSA) is 30.5 Å². The van der Waals surface area contributed by atoms with Crippen molar-refractivity contribution in [3.63, 3.8) is 0 Å². The van der Waals surface area contributed by atoms with Crippen molar-refractivity contribution >= 4 is 40.5 Å². The molecule has 0 fully saturated rings. The summed E-state index contributed by atoms with van der Waals surface area (Å²) >= 11 is 18.1. The van der Waals surface area contributed by atoms with Crippen molar-refractivity contribution in [1.29, 1.82) is 0 Å². The molecule has 3 rings (SSSR count). The van der Waals surface area contributed by atoms with Crippen LogP contribution in [0.4, 0.5) is 10.1 Å². The van der Waals surface area contributed by atoms with Crippen molar-refractivity contribution in [2.75, 3.05) is 11.9 Å². The molecule has 0 saturated heterocycles. The van der Waals surface area contributed by atoms with Gasteiger partial charge in [0, 0.05) is 27.8 Å². The zero-order valence-electron chi connectivity index (χ0n) is 15.6. The van der Waals surface area contributed by atoms with E-state index >= 15 is 0 Å². The lowest BCUT2D eigenvalue weighted by molar-refractivity contribution is 0.265. The van der Waals surface area contributed by atoms with Crippen LogP contribution in [0.2, 0.25) is 15.1 Å². The van der Waals surface area contributed by atoms with Crippen LogP contribution in [0.3, 0.4) is 0 Å². The number of anilines is 1. The third kappa shape index (κ3) is 5.92. The molecule has 0 saturated carbocycles. The van der Waals surface area contributed by atoms with E-state index in [1.807, 2.05) is 19.1 Å². The minimum absolute atomic E-state index is 0.00416. The van der Waals surface area contributed by atoms with Crippen molar-refractivity contribution in [1.82, 2.24) is 0 Å². The Morgan fingerprint density at radius 2 is 1.66 bits per heavy atom. The lowest BCUT2D eigenvalue weighted by Gasteiger charge is -2.15. The Bertz CT molecular complexity index is 957. The van der Waals surface area contributed by atoms with Crippen LogP contribution in [0.5, 0.6) is 11.5 Å². The lowest BCUT2D eigenvalue weighted by atomic mass is 10.2. The number of nitrogens with one attached hydrogen (secondary N) is 1. The van der Waals surface area contributed by atoms with Crippen molar-refractivity contribution in [3.05, 3.63) is 86.6 Å². The summed E-state index contributed by atoms with van der Waals surface area (Å²) in [4.78, 5) is 0. The summed E-state index contributed by atoms with van der Waals surface area (Å²) in [6.07, 6.45) is 0. The van der Waals surface area contributed by atoms with Crippen molar-refractivity contribution in [2.45, 2.75) is 20.1 Å². The summed E-state index contributed by atoms with van der Waals surface area (Å²) < 4.78 is 25.4. The average Bonchev–Trinajstić information content (AvgIpc) is 2.67. The van der Waals surface area contributed by atoms with Gasteiger partial charge in [0.1, 0.15) is 12.4 Å². The summed E-state index contributed by atoms with van der Waals surface area (Å²) in [5.74, 6) is 0.681. The molecule has 1 N–H and O–H groups in total. The quantitative estimate of drug-likeness (QED) is 0.385. The molecule has 3 aromatic carbocycles. The summed E-state index contributed by atoms with van der Waals surface area (Å²) in [5, 5.41) is 4.72. The number of hydrogen-bond acceptors (Lipinski definition) is 3. The molecular formula is C22H19Cl3FNO2. The zero-order chi connectivity index (χ0) is 20.8. The van der Waals surface area contributed by atoms with Gasteiger partial charge >= 0.3 is 0 Å². The first-order valence-corrected chi connectivity index (χ1v) is 10.1. The molecule has 7 heteroatoms. The van der Waals surface area contributed by atoms with Crippen molar-refractivity contribution < 1.29 is 13.9 Å². The summed E-state index contributed by atoms with van der Waals surface area (Å²) in [5.41, 5.74) is 2.09. The Morgan fingerprint density at radius 1 is 0.897 bits per heavy atom. The Hall–Kier alpha value is -2.14. The van der Waals surface area contributed by atoms with Crippen LogP contribution >= 0.6 is 34.8 Å². The fraction of sp³-hybridized carbons (Fsp3) is 0.182. The minimum atomic E-state index is -0.406. The molecule has 0 aliphatic rings. The highest BCUT2D eigenvalue weighted by molar-refractivity contribution is 6.35. The van der Waals surface area contributed by atoms with E-state index in [-0.39, 0.29) is 6.61 Å². The van der Waals surface area contributed by atoms with Crippen LogP contribution in [-0.4, -0.2) is 6.61 Å². The van der Waals surface area contributed by atoms with Gasteiger partial charge in [-0.3, -0.25) is 0 Å². The highest BCUT2D eigenvalue weighted by Crippen LogP contribution is 2.31. The summed E-state index contributed by atoms with van der Waals surface area (Å²) in [6, 6.07) is 15.4. The van der Waals surface area contributed by atoms with Gasteiger partial charge in [-0.15, -0.1) is 0 Å². The van der Waals surface area contributed by atoms with Gasteiger partial charge in [0.25, 0.3) is 0 Å². The highest BCUT2D eigenvalue weighted by Gasteiger charge is 2.11. The Labute approximate surface area is 184 Å². The third-order valence-electron chi connectivity index (χ3n) is 4.10. The van der Waals surface area contributed by atoms with Gasteiger partial charge in [-0.2, -0.15) is 0 Å². The Kier molecular flexibility index (Phi) is 7.48. The third-order valence-corrected chi connectivity index (χ3v) is 4.89. The molecule has 0 amide bonds. The number of ether oxygens (including phenoxy) is 2. The van der Waals surface area contributed by atoms with E-state index < -0.39 is 5.82 Å². The maximum atomic E-state index is 14.0. The van der Waals surface area contributed by atoms with E-state index in [9.17, 15) is 4.39 Å².